The van der Waals surface area contributed by atoms with Gasteiger partial charge in [0, 0.05) is 10.4 Å². The van der Waals surface area contributed by atoms with Crippen molar-refractivity contribution in [3.8, 4) is 11.3 Å². The zero-order valence-electron chi connectivity index (χ0n) is 9.66. The number of hydrogen-bond donors (Lipinski definition) is 2. The lowest BCUT2D eigenvalue weighted by molar-refractivity contribution is 1.27. The van der Waals surface area contributed by atoms with Crippen molar-refractivity contribution in [2.24, 2.45) is 5.84 Å². The minimum atomic E-state index is 0.757. The molecule has 3 nitrogen and oxygen atoms in total. The SMILES string of the molecule is Cc1ccc(-c2nc(NN)sc2C)c(C)c1. The van der Waals surface area contributed by atoms with E-state index < -0.39 is 0 Å². The summed E-state index contributed by atoms with van der Waals surface area (Å²) in [6, 6.07) is 6.40. The van der Waals surface area contributed by atoms with Gasteiger partial charge in [0.15, 0.2) is 5.13 Å². The van der Waals surface area contributed by atoms with Crippen LogP contribution in [0.15, 0.2) is 18.2 Å². The number of nitrogens with one attached hydrogen (secondary N) is 1. The number of hydrazine groups is 1. The molecule has 16 heavy (non-hydrogen) atoms. The van der Waals surface area contributed by atoms with E-state index in [1.165, 1.54) is 21.6 Å². The van der Waals surface area contributed by atoms with E-state index in [4.69, 9.17) is 5.84 Å². The van der Waals surface area contributed by atoms with E-state index >= 15 is 0 Å². The van der Waals surface area contributed by atoms with Crippen LogP contribution in [0, 0.1) is 20.8 Å². The zero-order chi connectivity index (χ0) is 11.7. The van der Waals surface area contributed by atoms with Gasteiger partial charge in [0.25, 0.3) is 0 Å². The molecule has 1 aromatic heterocycles. The molecule has 3 N–H and O–H groups in total. The summed E-state index contributed by atoms with van der Waals surface area (Å²) in [6.07, 6.45) is 0. The fraction of sp³-hybridized carbons (Fsp3) is 0.250. The molecule has 0 fully saturated rings. The normalized spacial score (nSPS) is 10.5. The molecule has 2 aromatic rings. The van der Waals surface area contributed by atoms with Crippen LogP contribution >= 0.6 is 11.3 Å². The summed E-state index contributed by atoms with van der Waals surface area (Å²) in [4.78, 5) is 5.65. The molecule has 0 aliphatic rings. The predicted molar refractivity (Wildman–Crippen MR) is 69.6 cm³/mol. The number of nitrogen functional groups attached to an aromatic ring is 1. The molecule has 0 unspecified atom stereocenters. The second-order valence-corrected chi connectivity index (χ2v) is 5.09. The molecule has 0 saturated heterocycles. The maximum absolute atomic E-state index is 5.37. The Morgan fingerprint density at radius 1 is 1.25 bits per heavy atom. The van der Waals surface area contributed by atoms with Crippen LogP contribution in [0.25, 0.3) is 11.3 Å². The lowest BCUT2D eigenvalue weighted by Gasteiger charge is -2.04. The third kappa shape index (κ3) is 1.94. The molecule has 2 rings (SSSR count). The minimum absolute atomic E-state index is 0.757. The van der Waals surface area contributed by atoms with Gasteiger partial charge in [-0.05, 0) is 26.3 Å². The van der Waals surface area contributed by atoms with Gasteiger partial charge >= 0.3 is 0 Å². The Labute approximate surface area is 99.3 Å². The van der Waals surface area contributed by atoms with E-state index in [2.05, 4.69) is 49.4 Å². The first-order chi connectivity index (χ1) is 7.61. The highest BCUT2D eigenvalue weighted by molar-refractivity contribution is 7.15. The van der Waals surface area contributed by atoms with Crippen molar-refractivity contribution in [2.75, 3.05) is 5.43 Å². The van der Waals surface area contributed by atoms with Crippen LogP contribution in [-0.4, -0.2) is 4.98 Å². The number of rotatable bonds is 2. The van der Waals surface area contributed by atoms with Gasteiger partial charge in [0.05, 0.1) is 5.69 Å². The quantitative estimate of drug-likeness (QED) is 0.619. The highest BCUT2D eigenvalue weighted by Crippen LogP contribution is 2.31. The molecule has 84 valence electrons. The van der Waals surface area contributed by atoms with E-state index in [-0.39, 0.29) is 0 Å². The van der Waals surface area contributed by atoms with E-state index in [1.54, 1.807) is 11.3 Å². The van der Waals surface area contributed by atoms with Gasteiger partial charge in [-0.3, -0.25) is 5.43 Å². The van der Waals surface area contributed by atoms with Gasteiger partial charge in [-0.1, -0.05) is 23.8 Å². The van der Waals surface area contributed by atoms with Crippen molar-refractivity contribution in [3.05, 3.63) is 34.2 Å². The summed E-state index contributed by atoms with van der Waals surface area (Å²) >= 11 is 1.57. The number of anilines is 1. The molecule has 0 radical (unpaired) electrons. The molecule has 0 saturated carbocycles. The van der Waals surface area contributed by atoms with Crippen molar-refractivity contribution in [1.29, 1.82) is 0 Å². The monoisotopic (exact) mass is 233 g/mol. The van der Waals surface area contributed by atoms with Crippen molar-refractivity contribution >= 4 is 16.5 Å². The van der Waals surface area contributed by atoms with E-state index in [0.29, 0.717) is 0 Å². The number of hydrogen-bond acceptors (Lipinski definition) is 4. The lowest BCUT2D eigenvalue weighted by Crippen LogP contribution is -2.05. The number of nitrogens with zero attached hydrogens (tertiary/aromatic N) is 1. The minimum Gasteiger partial charge on any atom is -0.300 e. The van der Waals surface area contributed by atoms with Crippen LogP contribution in [0.2, 0.25) is 0 Å². The molecule has 0 atom stereocenters. The smallest absolute Gasteiger partial charge is 0.197 e. The third-order valence-corrected chi connectivity index (χ3v) is 3.46. The Balaban J connectivity index is 2.53. The summed E-state index contributed by atoms with van der Waals surface area (Å²) in [6.45, 7) is 6.27. The molecular weight excluding hydrogens is 218 g/mol. The van der Waals surface area contributed by atoms with Crippen molar-refractivity contribution in [3.63, 3.8) is 0 Å². The second-order valence-electron chi connectivity index (χ2n) is 3.89. The van der Waals surface area contributed by atoms with Gasteiger partial charge in [-0.25, -0.2) is 10.8 Å². The van der Waals surface area contributed by atoms with Crippen LogP contribution in [-0.2, 0) is 0 Å². The molecule has 0 spiro atoms. The average Bonchev–Trinajstić information content (AvgIpc) is 2.60. The van der Waals surface area contributed by atoms with Gasteiger partial charge in [0.1, 0.15) is 0 Å². The third-order valence-electron chi connectivity index (χ3n) is 2.56. The Hall–Kier alpha value is -1.39. The average molecular weight is 233 g/mol. The predicted octanol–water partition coefficient (Wildman–Crippen LogP) is 3.02. The van der Waals surface area contributed by atoms with E-state index in [9.17, 15) is 0 Å². The topological polar surface area (TPSA) is 50.9 Å². The van der Waals surface area contributed by atoms with Gasteiger partial charge in [-0.2, -0.15) is 0 Å². The summed E-state index contributed by atoms with van der Waals surface area (Å²) in [5.41, 5.74) is 7.32. The van der Waals surface area contributed by atoms with E-state index in [0.717, 1.165) is 10.8 Å². The number of nitrogens with two attached hydrogens (primary N) is 1. The number of aromatic nitrogens is 1. The number of benzene rings is 1. The van der Waals surface area contributed by atoms with Crippen molar-refractivity contribution in [1.82, 2.24) is 4.98 Å². The van der Waals surface area contributed by atoms with Gasteiger partial charge in [-0.15, -0.1) is 11.3 Å². The second kappa shape index (κ2) is 4.23. The summed E-state index contributed by atoms with van der Waals surface area (Å²) < 4.78 is 0. The van der Waals surface area contributed by atoms with E-state index in [1.807, 2.05) is 0 Å². The highest BCUT2D eigenvalue weighted by Gasteiger charge is 2.11. The number of thiazole rings is 1. The largest absolute Gasteiger partial charge is 0.300 e. The standard InChI is InChI=1S/C12H15N3S/c1-7-4-5-10(8(2)6-7)11-9(3)16-12(14-11)15-13/h4-6H,13H2,1-3H3,(H,14,15). The van der Waals surface area contributed by atoms with Crippen LogP contribution in [0.3, 0.4) is 0 Å². The Kier molecular flexibility index (Phi) is 2.94. The zero-order valence-corrected chi connectivity index (χ0v) is 10.5. The molecule has 0 aliphatic carbocycles. The fourth-order valence-corrected chi connectivity index (χ4v) is 2.53. The van der Waals surface area contributed by atoms with Gasteiger partial charge < -0.3 is 0 Å². The summed E-state index contributed by atoms with van der Waals surface area (Å²) in [7, 11) is 0. The first-order valence-electron chi connectivity index (χ1n) is 5.13. The Morgan fingerprint density at radius 3 is 2.56 bits per heavy atom. The maximum Gasteiger partial charge on any atom is 0.197 e. The summed E-state index contributed by atoms with van der Waals surface area (Å²) in [5, 5.41) is 0.757. The first kappa shape index (κ1) is 11.1. The van der Waals surface area contributed by atoms with Crippen molar-refractivity contribution in [2.45, 2.75) is 20.8 Å². The molecule has 0 bridgehead atoms. The maximum atomic E-state index is 5.37. The van der Waals surface area contributed by atoms with Crippen molar-refractivity contribution < 1.29 is 0 Å². The lowest BCUT2D eigenvalue weighted by atomic mass is 10.0. The molecular formula is C12H15N3S. The first-order valence-corrected chi connectivity index (χ1v) is 5.95. The Morgan fingerprint density at radius 2 is 2.00 bits per heavy atom. The number of aryl methyl sites for hydroxylation is 3. The van der Waals surface area contributed by atoms with Crippen LogP contribution in [0.1, 0.15) is 16.0 Å². The van der Waals surface area contributed by atoms with Gasteiger partial charge in [0.2, 0.25) is 0 Å². The van der Waals surface area contributed by atoms with Crippen LogP contribution in [0.5, 0.6) is 0 Å². The molecule has 1 heterocycles. The highest BCUT2D eigenvalue weighted by atomic mass is 32.1. The molecule has 4 heteroatoms. The molecule has 1 aromatic carbocycles. The molecule has 0 aliphatic heterocycles. The fourth-order valence-electron chi connectivity index (χ4n) is 1.79. The summed E-state index contributed by atoms with van der Waals surface area (Å²) in [5.74, 6) is 5.37. The van der Waals surface area contributed by atoms with Crippen LogP contribution < -0.4 is 11.3 Å². The Bertz CT molecular complexity index is 517. The van der Waals surface area contributed by atoms with Crippen LogP contribution in [0.4, 0.5) is 5.13 Å². The molecule has 0 amide bonds.